The molecule has 31 heavy (non-hydrogen) atoms. The van der Waals surface area contributed by atoms with Gasteiger partial charge in [0, 0.05) is 17.3 Å². The van der Waals surface area contributed by atoms with E-state index in [9.17, 15) is 4.79 Å². The second kappa shape index (κ2) is 9.12. The standard InChI is InChI=1S/C23H27N5OS2/c1-2-27-21(17-12-13-17)25-26-23(27)30-15-20(29)28(14-16-8-4-3-5-9-16)22-24-18-10-6-7-11-19(18)31-22/h3-5,8-9,17H,2,6-7,10-15H2,1H3. The van der Waals surface area contributed by atoms with Crippen molar-refractivity contribution in [3.05, 3.63) is 52.3 Å². The Morgan fingerprint density at radius 3 is 2.74 bits per heavy atom. The first-order chi connectivity index (χ1) is 15.2. The molecule has 8 heteroatoms. The first-order valence-electron chi connectivity index (χ1n) is 11.1. The van der Waals surface area contributed by atoms with Crippen LogP contribution in [-0.2, 0) is 30.7 Å². The van der Waals surface area contributed by atoms with Crippen LogP contribution in [0.25, 0.3) is 0 Å². The number of carbonyl (C=O) groups is 1. The number of anilines is 1. The fourth-order valence-electron chi connectivity index (χ4n) is 4.03. The lowest BCUT2D eigenvalue weighted by molar-refractivity contribution is -0.116. The lowest BCUT2D eigenvalue weighted by Gasteiger charge is -2.20. The second-order valence-corrected chi connectivity index (χ2v) is 10.2. The van der Waals surface area contributed by atoms with E-state index in [1.165, 1.54) is 48.0 Å². The molecule has 1 amide bonds. The predicted molar refractivity (Wildman–Crippen MR) is 125 cm³/mol. The first kappa shape index (κ1) is 20.7. The molecule has 0 unspecified atom stereocenters. The van der Waals surface area contributed by atoms with Gasteiger partial charge in [-0.25, -0.2) is 4.98 Å². The highest BCUT2D eigenvalue weighted by Gasteiger charge is 2.30. The van der Waals surface area contributed by atoms with Crippen LogP contribution in [0.4, 0.5) is 5.13 Å². The molecule has 1 fully saturated rings. The van der Waals surface area contributed by atoms with Crippen LogP contribution in [0.1, 0.15) is 60.5 Å². The third kappa shape index (κ3) is 4.55. The summed E-state index contributed by atoms with van der Waals surface area (Å²) in [6, 6.07) is 10.2. The van der Waals surface area contributed by atoms with E-state index in [0.717, 1.165) is 41.1 Å². The van der Waals surface area contributed by atoms with Gasteiger partial charge >= 0.3 is 0 Å². The van der Waals surface area contributed by atoms with Crippen molar-refractivity contribution in [3.8, 4) is 0 Å². The average molecular weight is 454 g/mol. The van der Waals surface area contributed by atoms with Crippen LogP contribution < -0.4 is 4.90 Å². The van der Waals surface area contributed by atoms with Crippen molar-refractivity contribution in [1.29, 1.82) is 0 Å². The Morgan fingerprint density at radius 1 is 1.19 bits per heavy atom. The maximum absolute atomic E-state index is 13.4. The van der Waals surface area contributed by atoms with Gasteiger partial charge < -0.3 is 4.57 Å². The summed E-state index contributed by atoms with van der Waals surface area (Å²) >= 11 is 3.18. The Morgan fingerprint density at radius 2 is 2.00 bits per heavy atom. The molecule has 0 N–H and O–H groups in total. The number of hydrogen-bond donors (Lipinski definition) is 0. The molecule has 6 nitrogen and oxygen atoms in total. The summed E-state index contributed by atoms with van der Waals surface area (Å²) in [6.07, 6.45) is 6.90. The summed E-state index contributed by atoms with van der Waals surface area (Å²) in [5, 5.41) is 10.5. The van der Waals surface area contributed by atoms with Gasteiger partial charge in [0.1, 0.15) is 5.82 Å². The number of aromatic nitrogens is 4. The Hall–Kier alpha value is -2.19. The third-order valence-electron chi connectivity index (χ3n) is 5.88. The summed E-state index contributed by atoms with van der Waals surface area (Å²) in [5.41, 5.74) is 2.30. The van der Waals surface area contributed by atoms with E-state index >= 15 is 0 Å². The highest BCUT2D eigenvalue weighted by molar-refractivity contribution is 7.99. The smallest absolute Gasteiger partial charge is 0.239 e. The number of carbonyl (C=O) groups excluding carboxylic acids is 1. The van der Waals surface area contributed by atoms with E-state index in [0.29, 0.717) is 18.2 Å². The maximum atomic E-state index is 13.4. The van der Waals surface area contributed by atoms with Crippen molar-refractivity contribution >= 4 is 34.1 Å². The lowest BCUT2D eigenvalue weighted by atomic mass is 10.0. The van der Waals surface area contributed by atoms with Crippen LogP contribution in [0.3, 0.4) is 0 Å². The highest BCUT2D eigenvalue weighted by Crippen LogP contribution is 2.40. The molecule has 0 bridgehead atoms. The molecule has 2 aromatic heterocycles. The summed E-state index contributed by atoms with van der Waals surface area (Å²) in [7, 11) is 0. The van der Waals surface area contributed by atoms with E-state index in [2.05, 4.69) is 33.8 Å². The zero-order chi connectivity index (χ0) is 21.2. The van der Waals surface area contributed by atoms with E-state index in [4.69, 9.17) is 4.98 Å². The molecule has 0 spiro atoms. The van der Waals surface area contributed by atoms with Crippen molar-refractivity contribution in [1.82, 2.24) is 19.7 Å². The van der Waals surface area contributed by atoms with Crippen molar-refractivity contribution < 1.29 is 4.79 Å². The molecule has 1 saturated carbocycles. The Balaban J connectivity index is 1.35. The van der Waals surface area contributed by atoms with Crippen molar-refractivity contribution in [3.63, 3.8) is 0 Å². The molecule has 3 aromatic rings. The number of benzene rings is 1. The normalized spacial score (nSPS) is 15.6. The van der Waals surface area contributed by atoms with Crippen LogP contribution in [0.5, 0.6) is 0 Å². The van der Waals surface area contributed by atoms with E-state index in [1.54, 1.807) is 11.3 Å². The molecule has 2 aliphatic carbocycles. The minimum atomic E-state index is 0.0681. The van der Waals surface area contributed by atoms with Crippen LogP contribution in [-0.4, -0.2) is 31.4 Å². The number of fused-ring (bicyclic) bond motifs is 1. The van der Waals surface area contributed by atoms with Gasteiger partial charge in [0.2, 0.25) is 5.91 Å². The number of nitrogens with zero attached hydrogens (tertiary/aromatic N) is 5. The first-order valence-corrected chi connectivity index (χ1v) is 12.9. The third-order valence-corrected chi connectivity index (χ3v) is 8.01. The molecule has 5 rings (SSSR count). The molecule has 0 aliphatic heterocycles. The van der Waals surface area contributed by atoms with Gasteiger partial charge in [-0.1, -0.05) is 42.1 Å². The van der Waals surface area contributed by atoms with Crippen LogP contribution in [0.15, 0.2) is 35.5 Å². The Labute approximate surface area is 191 Å². The van der Waals surface area contributed by atoms with Gasteiger partial charge in [-0.2, -0.15) is 0 Å². The van der Waals surface area contributed by atoms with E-state index < -0.39 is 0 Å². The number of aryl methyl sites for hydroxylation is 2. The zero-order valence-electron chi connectivity index (χ0n) is 17.8. The SMILES string of the molecule is CCn1c(SCC(=O)N(Cc2ccccc2)c2nc3c(s2)CCCC3)nnc1C1CC1. The number of thioether (sulfide) groups is 1. The molecule has 1 aromatic carbocycles. The van der Waals surface area contributed by atoms with Gasteiger partial charge in [0.25, 0.3) is 0 Å². The monoisotopic (exact) mass is 453 g/mol. The summed E-state index contributed by atoms with van der Waals surface area (Å²) in [5.74, 6) is 2.03. The van der Waals surface area contributed by atoms with Crippen molar-refractivity contribution in [2.45, 2.75) is 69.6 Å². The molecule has 2 heterocycles. The predicted octanol–water partition coefficient (Wildman–Crippen LogP) is 4.84. The van der Waals surface area contributed by atoms with Gasteiger partial charge in [-0.15, -0.1) is 21.5 Å². The Kier molecular flexibility index (Phi) is 6.09. The van der Waals surface area contributed by atoms with E-state index in [-0.39, 0.29) is 5.91 Å². The fourth-order valence-corrected chi connectivity index (χ4v) is 6.08. The average Bonchev–Trinajstić information content (AvgIpc) is 3.42. The number of hydrogen-bond acceptors (Lipinski definition) is 6. The molecule has 2 aliphatic rings. The van der Waals surface area contributed by atoms with Crippen LogP contribution in [0.2, 0.25) is 0 Å². The van der Waals surface area contributed by atoms with Gasteiger partial charge in [0.15, 0.2) is 10.3 Å². The summed E-state index contributed by atoms with van der Waals surface area (Å²) in [6.45, 7) is 3.49. The molecule has 0 radical (unpaired) electrons. The zero-order valence-corrected chi connectivity index (χ0v) is 19.4. The van der Waals surface area contributed by atoms with Crippen LogP contribution in [0, 0.1) is 0 Å². The highest BCUT2D eigenvalue weighted by atomic mass is 32.2. The van der Waals surface area contributed by atoms with Gasteiger partial charge in [-0.05, 0) is 51.0 Å². The number of rotatable bonds is 8. The molecule has 0 saturated heterocycles. The largest absolute Gasteiger partial charge is 0.306 e. The fraction of sp³-hybridized carbons (Fsp3) is 0.478. The summed E-state index contributed by atoms with van der Waals surface area (Å²) in [4.78, 5) is 21.5. The number of thiazole rings is 1. The second-order valence-electron chi connectivity index (χ2n) is 8.19. The van der Waals surface area contributed by atoms with Gasteiger partial charge in [0.05, 0.1) is 18.0 Å². The topological polar surface area (TPSA) is 63.9 Å². The molecular weight excluding hydrogens is 426 g/mol. The van der Waals surface area contributed by atoms with Crippen molar-refractivity contribution in [2.75, 3.05) is 10.7 Å². The van der Waals surface area contributed by atoms with Crippen molar-refractivity contribution in [2.24, 2.45) is 0 Å². The molecular formula is C23H27N5OS2. The minimum Gasteiger partial charge on any atom is -0.306 e. The van der Waals surface area contributed by atoms with Crippen LogP contribution >= 0.6 is 23.1 Å². The van der Waals surface area contributed by atoms with E-state index in [1.807, 2.05) is 23.1 Å². The summed E-state index contributed by atoms with van der Waals surface area (Å²) < 4.78 is 2.17. The Bertz CT molecular complexity index is 1030. The quantitative estimate of drug-likeness (QED) is 0.457. The number of amides is 1. The lowest BCUT2D eigenvalue weighted by Crippen LogP contribution is -2.32. The van der Waals surface area contributed by atoms with Gasteiger partial charge in [-0.3, -0.25) is 9.69 Å². The maximum Gasteiger partial charge on any atom is 0.239 e. The molecule has 162 valence electrons. The minimum absolute atomic E-state index is 0.0681. The molecule has 0 atom stereocenters.